The zero-order chi connectivity index (χ0) is 14.7. The van der Waals surface area contributed by atoms with Crippen molar-refractivity contribution >= 4 is 11.6 Å². The van der Waals surface area contributed by atoms with Crippen molar-refractivity contribution in [1.82, 2.24) is 0 Å². The van der Waals surface area contributed by atoms with Gasteiger partial charge in [-0.2, -0.15) is 0 Å². The predicted molar refractivity (Wildman–Crippen MR) is 80.7 cm³/mol. The predicted octanol–water partition coefficient (Wildman–Crippen LogP) is 4.24. The Morgan fingerprint density at radius 2 is 1.75 bits per heavy atom. The van der Waals surface area contributed by atoms with Crippen molar-refractivity contribution in [2.24, 2.45) is 0 Å². The van der Waals surface area contributed by atoms with Crippen molar-refractivity contribution in [3.63, 3.8) is 0 Å². The maximum Gasteiger partial charge on any atom is 0.127 e. The van der Waals surface area contributed by atoms with Gasteiger partial charge >= 0.3 is 0 Å². The Morgan fingerprint density at radius 3 is 2.45 bits per heavy atom. The van der Waals surface area contributed by atoms with Crippen molar-refractivity contribution in [3.8, 4) is 0 Å². The molecule has 0 heterocycles. The largest absolute Gasteiger partial charge is 0.392 e. The molecule has 0 radical (unpaired) electrons. The van der Waals surface area contributed by atoms with E-state index < -0.39 is 6.10 Å². The summed E-state index contributed by atoms with van der Waals surface area (Å²) in [5.41, 5.74) is 3.90. The van der Waals surface area contributed by atoms with Gasteiger partial charge in [0.1, 0.15) is 5.82 Å². The number of hydrogen-bond acceptors (Lipinski definition) is 1. The van der Waals surface area contributed by atoms with E-state index in [4.69, 9.17) is 11.6 Å². The summed E-state index contributed by atoms with van der Waals surface area (Å²) in [4.78, 5) is 0. The van der Waals surface area contributed by atoms with E-state index >= 15 is 0 Å². The SMILES string of the molecule is Cc1ccc(C)c(CC(O)Cc2ccc(Cl)cc2F)c1. The van der Waals surface area contributed by atoms with E-state index in [1.807, 2.05) is 26.0 Å². The highest BCUT2D eigenvalue weighted by Gasteiger charge is 2.12. The molecule has 106 valence electrons. The molecule has 1 unspecified atom stereocenters. The van der Waals surface area contributed by atoms with Gasteiger partial charge in [0.05, 0.1) is 6.10 Å². The standard InChI is InChI=1S/C17H18ClFO/c1-11-3-4-12(2)14(7-11)9-16(20)8-13-5-6-15(18)10-17(13)19/h3-7,10,16,20H,8-9H2,1-2H3. The Balaban J connectivity index is 2.08. The molecular formula is C17H18ClFO. The van der Waals surface area contributed by atoms with Crippen molar-refractivity contribution in [3.05, 3.63) is 69.5 Å². The highest BCUT2D eigenvalue weighted by atomic mass is 35.5. The van der Waals surface area contributed by atoms with Gasteiger partial charge in [0.15, 0.2) is 0 Å². The summed E-state index contributed by atoms with van der Waals surface area (Å²) in [6.07, 6.45) is 0.206. The first kappa shape index (κ1) is 15.0. The molecule has 1 atom stereocenters. The first-order valence-electron chi connectivity index (χ1n) is 6.64. The van der Waals surface area contributed by atoms with E-state index in [1.165, 1.54) is 6.07 Å². The van der Waals surface area contributed by atoms with Crippen LogP contribution in [0.1, 0.15) is 22.3 Å². The molecule has 0 aliphatic carbocycles. The molecule has 2 aromatic carbocycles. The fraction of sp³-hybridized carbons (Fsp3) is 0.294. The van der Waals surface area contributed by atoms with Crippen molar-refractivity contribution in [2.45, 2.75) is 32.8 Å². The third kappa shape index (κ3) is 3.81. The topological polar surface area (TPSA) is 20.2 Å². The number of rotatable bonds is 4. The van der Waals surface area contributed by atoms with E-state index in [9.17, 15) is 9.50 Å². The lowest BCUT2D eigenvalue weighted by molar-refractivity contribution is 0.174. The molecule has 1 N–H and O–H groups in total. The van der Waals surface area contributed by atoms with Gasteiger partial charge in [0.2, 0.25) is 0 Å². The van der Waals surface area contributed by atoms with Crippen LogP contribution >= 0.6 is 11.6 Å². The average Bonchev–Trinajstić information content (AvgIpc) is 2.37. The molecule has 0 amide bonds. The van der Waals surface area contributed by atoms with Crippen LogP contribution in [0.25, 0.3) is 0 Å². The molecule has 0 bridgehead atoms. The molecule has 0 aliphatic heterocycles. The second kappa shape index (κ2) is 6.38. The lowest BCUT2D eigenvalue weighted by atomic mass is 9.97. The van der Waals surface area contributed by atoms with E-state index in [1.54, 1.807) is 12.1 Å². The second-order valence-electron chi connectivity index (χ2n) is 5.23. The van der Waals surface area contributed by atoms with Crippen LogP contribution in [0.5, 0.6) is 0 Å². The monoisotopic (exact) mass is 292 g/mol. The molecule has 2 aromatic rings. The molecule has 2 rings (SSSR count). The zero-order valence-electron chi connectivity index (χ0n) is 11.7. The van der Waals surface area contributed by atoms with Crippen LogP contribution in [0, 0.1) is 19.7 Å². The van der Waals surface area contributed by atoms with Gasteiger partial charge in [0.25, 0.3) is 0 Å². The second-order valence-corrected chi connectivity index (χ2v) is 5.66. The number of hydrogen-bond donors (Lipinski definition) is 1. The Bertz CT molecular complexity index is 610. The van der Waals surface area contributed by atoms with E-state index in [0.717, 1.165) is 16.7 Å². The third-order valence-corrected chi connectivity index (χ3v) is 3.67. The van der Waals surface area contributed by atoms with Gasteiger partial charge in [-0.15, -0.1) is 0 Å². The maximum atomic E-state index is 13.7. The van der Waals surface area contributed by atoms with E-state index in [0.29, 0.717) is 17.0 Å². The molecule has 0 spiro atoms. The summed E-state index contributed by atoms with van der Waals surface area (Å²) >= 11 is 5.72. The lowest BCUT2D eigenvalue weighted by Gasteiger charge is -2.14. The highest BCUT2D eigenvalue weighted by Crippen LogP contribution is 2.18. The molecule has 0 aromatic heterocycles. The van der Waals surface area contributed by atoms with Gasteiger partial charge in [-0.25, -0.2) is 4.39 Å². The van der Waals surface area contributed by atoms with Crippen molar-refractivity contribution in [1.29, 1.82) is 0 Å². The zero-order valence-corrected chi connectivity index (χ0v) is 12.4. The molecule has 3 heteroatoms. The summed E-state index contributed by atoms with van der Waals surface area (Å²) in [7, 11) is 0. The van der Waals surface area contributed by atoms with Gasteiger partial charge < -0.3 is 5.11 Å². The number of aliphatic hydroxyl groups excluding tert-OH is 1. The normalized spacial score (nSPS) is 12.4. The Labute approximate surface area is 124 Å². The molecule has 0 saturated carbocycles. The molecule has 0 aliphatic rings. The number of aryl methyl sites for hydroxylation is 2. The molecule has 20 heavy (non-hydrogen) atoms. The summed E-state index contributed by atoms with van der Waals surface area (Å²) < 4.78 is 13.7. The minimum Gasteiger partial charge on any atom is -0.392 e. The van der Waals surface area contributed by atoms with Crippen LogP contribution in [0.15, 0.2) is 36.4 Å². The van der Waals surface area contributed by atoms with Crippen LogP contribution in [0.3, 0.4) is 0 Å². The van der Waals surface area contributed by atoms with Crippen LogP contribution in [0.4, 0.5) is 4.39 Å². The molecule has 0 saturated heterocycles. The maximum absolute atomic E-state index is 13.7. The Kier molecular flexibility index (Phi) is 4.79. The number of halogens is 2. The van der Waals surface area contributed by atoms with Crippen LogP contribution in [0.2, 0.25) is 5.02 Å². The number of aliphatic hydroxyl groups is 1. The summed E-state index contributed by atoms with van der Waals surface area (Å²) in [5.74, 6) is -0.363. The van der Waals surface area contributed by atoms with Gasteiger partial charge in [0, 0.05) is 11.4 Å². The quantitative estimate of drug-likeness (QED) is 0.893. The first-order chi connectivity index (χ1) is 9.45. The fourth-order valence-electron chi connectivity index (χ4n) is 2.29. The first-order valence-corrected chi connectivity index (χ1v) is 7.01. The van der Waals surface area contributed by atoms with Gasteiger partial charge in [-0.3, -0.25) is 0 Å². The van der Waals surface area contributed by atoms with Crippen molar-refractivity contribution in [2.75, 3.05) is 0 Å². The minimum atomic E-state index is -0.605. The molecule has 0 fully saturated rings. The van der Waals surface area contributed by atoms with Crippen molar-refractivity contribution < 1.29 is 9.50 Å². The third-order valence-electron chi connectivity index (χ3n) is 3.43. The average molecular weight is 293 g/mol. The van der Waals surface area contributed by atoms with Gasteiger partial charge in [-0.05, 0) is 49.1 Å². The van der Waals surface area contributed by atoms with Crippen LogP contribution in [-0.4, -0.2) is 11.2 Å². The van der Waals surface area contributed by atoms with E-state index in [-0.39, 0.29) is 12.2 Å². The molecular weight excluding hydrogens is 275 g/mol. The minimum absolute atomic E-state index is 0.288. The number of benzene rings is 2. The van der Waals surface area contributed by atoms with Gasteiger partial charge in [-0.1, -0.05) is 41.4 Å². The Hall–Kier alpha value is -1.38. The Morgan fingerprint density at radius 1 is 1.05 bits per heavy atom. The smallest absolute Gasteiger partial charge is 0.127 e. The van der Waals surface area contributed by atoms with Crippen LogP contribution < -0.4 is 0 Å². The summed E-state index contributed by atoms with van der Waals surface area (Å²) in [5, 5.41) is 10.5. The van der Waals surface area contributed by atoms with E-state index in [2.05, 4.69) is 6.07 Å². The highest BCUT2D eigenvalue weighted by molar-refractivity contribution is 6.30. The summed E-state index contributed by atoms with van der Waals surface area (Å²) in [6, 6.07) is 10.7. The van der Waals surface area contributed by atoms with Crippen LogP contribution in [-0.2, 0) is 12.8 Å². The fourth-order valence-corrected chi connectivity index (χ4v) is 2.45. The lowest BCUT2D eigenvalue weighted by Crippen LogP contribution is -2.15. The summed E-state index contributed by atoms with van der Waals surface area (Å²) in [6.45, 7) is 4.04. The molecule has 1 nitrogen and oxygen atoms in total.